The molecule has 2 rings (SSSR count). The fraction of sp³-hybridized carbons (Fsp3) is 0.450. The van der Waals surface area contributed by atoms with Crippen molar-refractivity contribution in [3.8, 4) is 11.6 Å². The molecule has 0 amide bonds. The highest BCUT2D eigenvalue weighted by Gasteiger charge is 2.19. The predicted octanol–water partition coefficient (Wildman–Crippen LogP) is 1.59. The number of aromatic amines is 1. The first kappa shape index (κ1) is 21.4. The normalized spacial score (nSPS) is 11.8. The van der Waals surface area contributed by atoms with Crippen molar-refractivity contribution < 1.29 is 5.11 Å². The van der Waals surface area contributed by atoms with E-state index in [-0.39, 0.29) is 5.56 Å². The van der Waals surface area contributed by atoms with E-state index in [1.54, 1.807) is 12.1 Å². The van der Waals surface area contributed by atoms with Crippen LogP contribution in [0.15, 0.2) is 39.0 Å². The van der Waals surface area contributed by atoms with Gasteiger partial charge in [-0.3, -0.25) is 9.78 Å². The average molecular weight is 387 g/mol. The second-order valence-electron chi connectivity index (χ2n) is 6.48. The monoisotopic (exact) mass is 387 g/mol. The Kier molecular flexibility index (Phi) is 7.57. The highest BCUT2D eigenvalue weighted by Crippen LogP contribution is 2.18. The second-order valence-corrected chi connectivity index (χ2v) is 6.48. The summed E-state index contributed by atoms with van der Waals surface area (Å²) in [6.07, 6.45) is 0.418. The van der Waals surface area contributed by atoms with Crippen molar-refractivity contribution in [3.63, 3.8) is 0 Å². The summed E-state index contributed by atoms with van der Waals surface area (Å²) in [6.45, 7) is 11.3. The minimum atomic E-state index is -0.694. The van der Waals surface area contributed by atoms with E-state index in [4.69, 9.17) is 0 Å². The molecule has 1 heterocycles. The highest BCUT2D eigenvalue weighted by atomic mass is 16.3. The van der Waals surface area contributed by atoms with Crippen molar-refractivity contribution in [2.75, 3.05) is 26.2 Å². The van der Waals surface area contributed by atoms with Crippen LogP contribution in [0.3, 0.4) is 0 Å². The fourth-order valence-electron chi connectivity index (χ4n) is 2.93. The van der Waals surface area contributed by atoms with E-state index in [1.165, 1.54) is 0 Å². The molecule has 0 radical (unpaired) electrons. The Morgan fingerprint density at radius 3 is 2.39 bits per heavy atom. The summed E-state index contributed by atoms with van der Waals surface area (Å²) in [4.78, 5) is 29.2. The molecule has 0 aliphatic rings. The molecule has 2 aromatic rings. The van der Waals surface area contributed by atoms with E-state index in [1.807, 2.05) is 26.0 Å². The average Bonchev–Trinajstić information content (AvgIpc) is 2.67. The van der Waals surface area contributed by atoms with Crippen LogP contribution in [0.25, 0.3) is 5.69 Å². The van der Waals surface area contributed by atoms with Gasteiger partial charge in [0.2, 0.25) is 5.88 Å². The number of hydrogen-bond acceptors (Lipinski definition) is 6. The van der Waals surface area contributed by atoms with Crippen LogP contribution in [0.2, 0.25) is 0 Å². The molecule has 1 aromatic carbocycles. The highest BCUT2D eigenvalue weighted by molar-refractivity contribution is 6.01. The number of benzene rings is 1. The van der Waals surface area contributed by atoms with Crippen molar-refractivity contribution >= 4 is 5.71 Å². The lowest BCUT2D eigenvalue weighted by Crippen LogP contribution is -2.34. The maximum Gasteiger partial charge on any atom is 0.335 e. The van der Waals surface area contributed by atoms with Crippen LogP contribution in [-0.2, 0) is 0 Å². The van der Waals surface area contributed by atoms with Crippen molar-refractivity contribution in [1.82, 2.24) is 19.9 Å². The summed E-state index contributed by atoms with van der Waals surface area (Å²) < 4.78 is 1.08. The first-order chi connectivity index (χ1) is 13.4. The van der Waals surface area contributed by atoms with Gasteiger partial charge in [0.25, 0.3) is 5.56 Å². The second kappa shape index (κ2) is 9.89. The van der Waals surface area contributed by atoms with Crippen LogP contribution in [0, 0.1) is 6.92 Å². The standard InChI is InChI=1S/C20H29N5O3/c1-5-16(23-21-12-13-24(6-2)7-3)17-18(26)22-20(28)25(19(17)27)15-10-8-14(4)9-11-15/h8-11,21,27H,5-7,12-13H2,1-4H3,(H,22,26,28). The number of hydrazone groups is 1. The van der Waals surface area contributed by atoms with Crippen LogP contribution >= 0.6 is 0 Å². The minimum Gasteiger partial charge on any atom is -0.493 e. The molecule has 0 unspecified atom stereocenters. The van der Waals surface area contributed by atoms with Gasteiger partial charge in [0, 0.05) is 13.1 Å². The van der Waals surface area contributed by atoms with Gasteiger partial charge in [0.1, 0.15) is 5.56 Å². The summed E-state index contributed by atoms with van der Waals surface area (Å²) in [5, 5.41) is 15.0. The number of rotatable bonds is 9. The molecule has 152 valence electrons. The molecular weight excluding hydrogens is 358 g/mol. The van der Waals surface area contributed by atoms with E-state index in [0.717, 1.165) is 29.8 Å². The number of nitrogens with one attached hydrogen (secondary N) is 2. The van der Waals surface area contributed by atoms with Crippen molar-refractivity contribution in [2.24, 2.45) is 5.10 Å². The maximum atomic E-state index is 12.4. The smallest absolute Gasteiger partial charge is 0.335 e. The van der Waals surface area contributed by atoms with Gasteiger partial charge in [-0.2, -0.15) is 5.10 Å². The molecular formula is C20H29N5O3. The summed E-state index contributed by atoms with van der Waals surface area (Å²) in [7, 11) is 0. The van der Waals surface area contributed by atoms with Crippen LogP contribution in [0.1, 0.15) is 38.3 Å². The molecule has 0 aliphatic carbocycles. The Balaban J connectivity index is 2.39. The van der Waals surface area contributed by atoms with Gasteiger partial charge >= 0.3 is 5.69 Å². The fourth-order valence-corrected chi connectivity index (χ4v) is 2.93. The van der Waals surface area contributed by atoms with Gasteiger partial charge in [-0.05, 0) is 38.6 Å². The van der Waals surface area contributed by atoms with Crippen LogP contribution < -0.4 is 16.7 Å². The lowest BCUT2D eigenvalue weighted by molar-refractivity contribution is 0.303. The first-order valence-electron chi connectivity index (χ1n) is 9.60. The molecule has 0 bridgehead atoms. The summed E-state index contributed by atoms with van der Waals surface area (Å²) in [6, 6.07) is 7.08. The molecule has 0 spiro atoms. The van der Waals surface area contributed by atoms with E-state index in [0.29, 0.717) is 24.4 Å². The van der Waals surface area contributed by atoms with Crippen LogP contribution in [0.5, 0.6) is 5.88 Å². The van der Waals surface area contributed by atoms with Gasteiger partial charge in [-0.15, -0.1) is 0 Å². The molecule has 0 saturated heterocycles. The van der Waals surface area contributed by atoms with Gasteiger partial charge in [0.15, 0.2) is 0 Å². The third-order valence-corrected chi connectivity index (χ3v) is 4.65. The Morgan fingerprint density at radius 1 is 1.18 bits per heavy atom. The van der Waals surface area contributed by atoms with Crippen molar-refractivity contribution in [1.29, 1.82) is 0 Å². The number of aryl methyl sites for hydroxylation is 1. The summed E-state index contributed by atoms with van der Waals surface area (Å²) >= 11 is 0. The van der Waals surface area contributed by atoms with E-state index in [9.17, 15) is 14.7 Å². The number of hydrogen-bond donors (Lipinski definition) is 3. The molecule has 1 aromatic heterocycles. The zero-order chi connectivity index (χ0) is 20.7. The lowest BCUT2D eigenvalue weighted by Gasteiger charge is -2.17. The van der Waals surface area contributed by atoms with Crippen LogP contribution in [-0.4, -0.2) is 51.4 Å². The van der Waals surface area contributed by atoms with Gasteiger partial charge in [-0.25, -0.2) is 9.36 Å². The first-order valence-corrected chi connectivity index (χ1v) is 9.60. The number of aromatic hydroxyl groups is 1. The zero-order valence-electron chi connectivity index (χ0n) is 17.0. The molecule has 28 heavy (non-hydrogen) atoms. The number of aromatic nitrogens is 2. The molecule has 0 fully saturated rings. The molecule has 8 nitrogen and oxygen atoms in total. The summed E-state index contributed by atoms with van der Waals surface area (Å²) in [5.74, 6) is -0.413. The maximum absolute atomic E-state index is 12.4. The SMILES string of the molecule is CCC(=NNCCN(CC)CC)c1c(O)n(-c2ccc(C)cc2)c(=O)[nH]c1=O. The molecule has 3 N–H and O–H groups in total. The lowest BCUT2D eigenvalue weighted by atomic mass is 10.1. The number of nitrogens with zero attached hydrogens (tertiary/aromatic N) is 3. The minimum absolute atomic E-state index is 0.00184. The number of likely N-dealkylation sites (N-methyl/N-ethyl adjacent to an activating group) is 1. The number of H-pyrrole nitrogens is 1. The summed E-state index contributed by atoms with van der Waals surface area (Å²) in [5.41, 5.74) is 3.49. The molecule has 8 heteroatoms. The van der Waals surface area contributed by atoms with Gasteiger partial charge in [0.05, 0.1) is 11.4 Å². The zero-order valence-corrected chi connectivity index (χ0v) is 17.0. The van der Waals surface area contributed by atoms with E-state index in [2.05, 4.69) is 34.3 Å². The Labute approximate surface area is 164 Å². The van der Waals surface area contributed by atoms with E-state index >= 15 is 0 Å². The third-order valence-electron chi connectivity index (χ3n) is 4.65. The molecule has 0 saturated carbocycles. The predicted molar refractivity (Wildman–Crippen MR) is 112 cm³/mol. The Bertz CT molecular complexity index is 924. The van der Waals surface area contributed by atoms with Gasteiger partial charge in [-0.1, -0.05) is 38.5 Å². The van der Waals surface area contributed by atoms with Crippen molar-refractivity contribution in [3.05, 3.63) is 56.2 Å². The van der Waals surface area contributed by atoms with Crippen molar-refractivity contribution in [2.45, 2.75) is 34.1 Å². The van der Waals surface area contributed by atoms with E-state index < -0.39 is 17.1 Å². The topological polar surface area (TPSA) is 103 Å². The molecule has 0 atom stereocenters. The van der Waals surface area contributed by atoms with Crippen LogP contribution in [0.4, 0.5) is 0 Å². The molecule has 0 aliphatic heterocycles. The largest absolute Gasteiger partial charge is 0.493 e. The van der Waals surface area contributed by atoms with Gasteiger partial charge < -0.3 is 15.4 Å². The quantitative estimate of drug-likeness (QED) is 0.344. The third kappa shape index (κ3) is 4.89. The Hall–Kier alpha value is -2.87. The Morgan fingerprint density at radius 2 is 1.82 bits per heavy atom.